The lowest BCUT2D eigenvalue weighted by Crippen LogP contribution is -2.50. The number of hydrogen-bond donors (Lipinski definition) is 2. The Morgan fingerprint density at radius 1 is 1.39 bits per heavy atom. The van der Waals surface area contributed by atoms with E-state index in [1.165, 1.54) is 11.0 Å². The van der Waals surface area contributed by atoms with Crippen molar-refractivity contribution in [2.24, 2.45) is 0 Å². The summed E-state index contributed by atoms with van der Waals surface area (Å²) in [6, 6.07) is 3.72. The molecule has 2 heterocycles. The molecule has 1 aromatic carbocycles. The second-order valence-corrected chi connectivity index (χ2v) is 5.78. The average molecular weight is 321 g/mol. The maximum Gasteiger partial charge on any atom is 0.318 e. The molecule has 0 bridgehead atoms. The molecule has 1 aromatic rings. The van der Waals surface area contributed by atoms with Gasteiger partial charge in [-0.05, 0) is 31.4 Å². The molecule has 3 amide bonds. The zero-order valence-corrected chi connectivity index (χ0v) is 12.8. The van der Waals surface area contributed by atoms with Crippen LogP contribution in [0.5, 0.6) is 5.75 Å². The molecule has 0 saturated carbocycles. The van der Waals surface area contributed by atoms with E-state index in [4.69, 9.17) is 4.74 Å². The third kappa shape index (κ3) is 3.55. The molecule has 1 saturated heterocycles. The molecule has 6 nitrogen and oxygen atoms in total. The molecule has 0 aromatic heterocycles. The molecule has 23 heavy (non-hydrogen) atoms. The van der Waals surface area contributed by atoms with Gasteiger partial charge >= 0.3 is 6.03 Å². The summed E-state index contributed by atoms with van der Waals surface area (Å²) in [5.41, 5.74) is 0.366. The van der Waals surface area contributed by atoms with Gasteiger partial charge in [-0.1, -0.05) is 6.07 Å². The van der Waals surface area contributed by atoms with Gasteiger partial charge in [-0.25, -0.2) is 9.18 Å². The lowest BCUT2D eigenvalue weighted by Gasteiger charge is -2.23. The van der Waals surface area contributed by atoms with Crippen LogP contribution in [0.15, 0.2) is 18.2 Å². The molecule has 2 N–H and O–H groups in total. The van der Waals surface area contributed by atoms with E-state index >= 15 is 0 Å². The molecule has 0 unspecified atom stereocenters. The van der Waals surface area contributed by atoms with Crippen LogP contribution in [0.25, 0.3) is 0 Å². The molecule has 2 aliphatic rings. The van der Waals surface area contributed by atoms with E-state index in [1.807, 2.05) is 0 Å². The van der Waals surface area contributed by atoms with Crippen LogP contribution in [0.2, 0.25) is 0 Å². The Morgan fingerprint density at radius 3 is 3.13 bits per heavy atom. The number of fused-ring (bicyclic) bond motifs is 1. The number of amides is 3. The first kappa shape index (κ1) is 15.6. The highest BCUT2D eigenvalue weighted by Crippen LogP contribution is 2.25. The largest absolute Gasteiger partial charge is 0.491 e. The average Bonchev–Trinajstić information content (AvgIpc) is 2.87. The van der Waals surface area contributed by atoms with Gasteiger partial charge in [-0.3, -0.25) is 4.79 Å². The SMILES string of the molecule is O=C1NCCCC[C@@H]1NC(=O)N1CCOc2cccc(F)c2C1. The monoisotopic (exact) mass is 321 g/mol. The quantitative estimate of drug-likeness (QED) is 0.821. The minimum absolute atomic E-state index is 0.127. The smallest absolute Gasteiger partial charge is 0.318 e. The highest BCUT2D eigenvalue weighted by molar-refractivity contribution is 5.87. The van der Waals surface area contributed by atoms with E-state index in [0.717, 1.165) is 12.8 Å². The van der Waals surface area contributed by atoms with Crippen molar-refractivity contribution in [3.63, 3.8) is 0 Å². The molecule has 1 atom stereocenters. The fourth-order valence-corrected chi connectivity index (χ4v) is 2.85. The highest BCUT2D eigenvalue weighted by atomic mass is 19.1. The Morgan fingerprint density at radius 2 is 2.26 bits per heavy atom. The van der Waals surface area contributed by atoms with Crippen molar-refractivity contribution >= 4 is 11.9 Å². The number of ether oxygens (including phenoxy) is 1. The van der Waals surface area contributed by atoms with Crippen molar-refractivity contribution in [3.8, 4) is 5.75 Å². The van der Waals surface area contributed by atoms with Gasteiger partial charge in [0.15, 0.2) is 0 Å². The maximum absolute atomic E-state index is 14.0. The number of carbonyl (C=O) groups excluding carboxylic acids is 2. The van der Waals surface area contributed by atoms with E-state index < -0.39 is 11.9 Å². The normalized spacial score (nSPS) is 21.3. The molecule has 2 aliphatic heterocycles. The van der Waals surface area contributed by atoms with Crippen LogP contribution >= 0.6 is 0 Å². The Labute approximate surface area is 134 Å². The van der Waals surface area contributed by atoms with Crippen LogP contribution in [0.4, 0.5) is 9.18 Å². The zero-order chi connectivity index (χ0) is 16.2. The number of urea groups is 1. The third-order valence-electron chi connectivity index (χ3n) is 4.16. The number of nitrogens with one attached hydrogen (secondary N) is 2. The first-order chi connectivity index (χ1) is 11.1. The number of rotatable bonds is 1. The van der Waals surface area contributed by atoms with Gasteiger partial charge < -0.3 is 20.3 Å². The zero-order valence-electron chi connectivity index (χ0n) is 12.8. The summed E-state index contributed by atoms with van der Waals surface area (Å²) >= 11 is 0. The van der Waals surface area contributed by atoms with Gasteiger partial charge in [-0.15, -0.1) is 0 Å². The van der Waals surface area contributed by atoms with Crippen LogP contribution in [0.1, 0.15) is 24.8 Å². The molecule has 0 aliphatic carbocycles. The molecule has 1 fully saturated rings. The van der Waals surface area contributed by atoms with Crippen molar-refractivity contribution in [2.45, 2.75) is 31.8 Å². The number of benzene rings is 1. The van der Waals surface area contributed by atoms with Crippen LogP contribution in [-0.2, 0) is 11.3 Å². The predicted molar refractivity (Wildman–Crippen MR) is 81.5 cm³/mol. The third-order valence-corrected chi connectivity index (χ3v) is 4.16. The van der Waals surface area contributed by atoms with E-state index in [9.17, 15) is 14.0 Å². The second-order valence-electron chi connectivity index (χ2n) is 5.78. The molecular weight excluding hydrogens is 301 g/mol. The van der Waals surface area contributed by atoms with Crippen molar-refractivity contribution in [3.05, 3.63) is 29.6 Å². The van der Waals surface area contributed by atoms with E-state index in [0.29, 0.717) is 37.4 Å². The number of nitrogens with zero attached hydrogens (tertiary/aromatic N) is 1. The standard InChI is InChI=1S/C16H20FN3O3/c17-12-4-3-6-14-11(12)10-20(8-9-23-14)16(22)19-13-5-1-2-7-18-15(13)21/h3-4,6,13H,1-2,5,7-10H2,(H,18,21)(H,19,22)/t13-/m0/s1. The number of carbonyl (C=O) groups is 2. The Balaban J connectivity index is 1.70. The van der Waals surface area contributed by atoms with E-state index in [1.54, 1.807) is 12.1 Å². The fraction of sp³-hybridized carbons (Fsp3) is 0.500. The van der Waals surface area contributed by atoms with Crippen LogP contribution in [-0.4, -0.2) is 42.6 Å². The summed E-state index contributed by atoms with van der Waals surface area (Å²) in [6.45, 7) is 1.40. The van der Waals surface area contributed by atoms with Gasteiger partial charge in [0.25, 0.3) is 0 Å². The Bertz CT molecular complexity index is 608. The summed E-state index contributed by atoms with van der Waals surface area (Å²) in [6.07, 6.45) is 2.41. The molecule has 3 rings (SSSR count). The predicted octanol–water partition coefficient (Wildman–Crippen LogP) is 1.40. The minimum atomic E-state index is -0.533. The van der Waals surface area contributed by atoms with Crippen LogP contribution < -0.4 is 15.4 Å². The number of hydrogen-bond acceptors (Lipinski definition) is 3. The summed E-state index contributed by atoms with van der Waals surface area (Å²) in [4.78, 5) is 25.9. The summed E-state index contributed by atoms with van der Waals surface area (Å²) in [5.74, 6) is -0.0876. The molecule has 0 spiro atoms. The minimum Gasteiger partial charge on any atom is -0.491 e. The molecule has 0 radical (unpaired) electrons. The van der Waals surface area contributed by atoms with Gasteiger partial charge in [0.1, 0.15) is 24.2 Å². The van der Waals surface area contributed by atoms with Crippen molar-refractivity contribution < 1.29 is 18.7 Å². The van der Waals surface area contributed by atoms with Crippen LogP contribution in [0.3, 0.4) is 0 Å². The topological polar surface area (TPSA) is 70.7 Å². The lowest BCUT2D eigenvalue weighted by atomic mass is 10.1. The van der Waals surface area contributed by atoms with E-state index in [2.05, 4.69) is 10.6 Å². The van der Waals surface area contributed by atoms with Gasteiger partial charge in [0.05, 0.1) is 13.1 Å². The second kappa shape index (κ2) is 6.85. The Hall–Kier alpha value is -2.31. The fourth-order valence-electron chi connectivity index (χ4n) is 2.85. The molecular formula is C16H20FN3O3. The molecule has 7 heteroatoms. The lowest BCUT2D eigenvalue weighted by molar-refractivity contribution is -0.122. The van der Waals surface area contributed by atoms with Gasteiger partial charge in [0.2, 0.25) is 5.91 Å². The number of halogens is 1. The summed E-state index contributed by atoms with van der Waals surface area (Å²) < 4.78 is 19.5. The summed E-state index contributed by atoms with van der Waals surface area (Å²) in [5, 5.41) is 5.54. The molecule has 124 valence electrons. The van der Waals surface area contributed by atoms with Crippen molar-refractivity contribution in [1.29, 1.82) is 0 Å². The summed E-state index contributed by atoms with van der Waals surface area (Å²) in [7, 11) is 0. The Kier molecular flexibility index (Phi) is 4.64. The first-order valence-corrected chi connectivity index (χ1v) is 7.88. The van der Waals surface area contributed by atoms with E-state index in [-0.39, 0.29) is 18.5 Å². The maximum atomic E-state index is 14.0. The van der Waals surface area contributed by atoms with Gasteiger partial charge in [0, 0.05) is 12.1 Å². The highest BCUT2D eigenvalue weighted by Gasteiger charge is 2.27. The van der Waals surface area contributed by atoms with Crippen molar-refractivity contribution in [1.82, 2.24) is 15.5 Å². The first-order valence-electron chi connectivity index (χ1n) is 7.88. The van der Waals surface area contributed by atoms with Crippen LogP contribution in [0, 0.1) is 5.82 Å². The van der Waals surface area contributed by atoms with Gasteiger partial charge in [-0.2, -0.15) is 0 Å². The van der Waals surface area contributed by atoms with Crippen molar-refractivity contribution in [2.75, 3.05) is 19.7 Å².